The fraction of sp³-hybridized carbons (Fsp3) is 0.192. The summed E-state index contributed by atoms with van der Waals surface area (Å²) in [5.74, 6) is -1.96. The molecule has 36 heavy (non-hydrogen) atoms. The number of rotatable bonds is 4. The van der Waals surface area contributed by atoms with E-state index in [4.69, 9.17) is 17.5 Å². The fourth-order valence-electron chi connectivity index (χ4n) is 4.51. The standard InChI is InChI=1S/C26H19F2N5O2S/c1-26(2)24(35)32(17-7-5-15(12-29)20(27)10-17)25(36)33(26)18-8-6-16(21(28)11-18)13-31-14-22-19(23(31)34)4-3-9-30-22/h3-11H,13-14H2,1-2H3. The van der Waals surface area contributed by atoms with E-state index in [9.17, 15) is 14.0 Å². The Morgan fingerprint density at radius 1 is 1.08 bits per heavy atom. The van der Waals surface area contributed by atoms with Crippen LogP contribution < -0.4 is 9.80 Å². The Bertz CT molecular complexity index is 1500. The van der Waals surface area contributed by atoms with E-state index < -0.39 is 23.1 Å². The van der Waals surface area contributed by atoms with Crippen molar-refractivity contribution in [1.29, 1.82) is 5.26 Å². The highest BCUT2D eigenvalue weighted by molar-refractivity contribution is 7.81. The Kier molecular flexibility index (Phi) is 5.53. The first kappa shape index (κ1) is 23.5. The number of hydrogen-bond acceptors (Lipinski definition) is 5. The Balaban J connectivity index is 1.42. The molecule has 180 valence electrons. The van der Waals surface area contributed by atoms with Gasteiger partial charge in [0.1, 0.15) is 23.2 Å². The van der Waals surface area contributed by atoms with E-state index >= 15 is 4.39 Å². The molecule has 2 aromatic carbocycles. The predicted octanol–water partition coefficient (Wildman–Crippen LogP) is 4.30. The van der Waals surface area contributed by atoms with Gasteiger partial charge < -0.3 is 9.80 Å². The molecule has 5 rings (SSSR count). The molecule has 1 aromatic heterocycles. The molecule has 0 N–H and O–H groups in total. The van der Waals surface area contributed by atoms with E-state index in [2.05, 4.69) is 4.98 Å². The van der Waals surface area contributed by atoms with Gasteiger partial charge in [0, 0.05) is 24.0 Å². The number of anilines is 2. The molecule has 0 unspecified atom stereocenters. The molecule has 7 nitrogen and oxygen atoms in total. The number of nitrogens with zero attached hydrogens (tertiary/aromatic N) is 5. The lowest BCUT2D eigenvalue weighted by atomic mass is 10.0. The normalized spacial score (nSPS) is 16.5. The van der Waals surface area contributed by atoms with Gasteiger partial charge >= 0.3 is 0 Å². The number of carbonyl (C=O) groups is 2. The van der Waals surface area contributed by atoms with Crippen LogP contribution in [0, 0.1) is 23.0 Å². The number of nitriles is 1. The molecular formula is C26H19F2N5O2S. The Hall–Kier alpha value is -4.23. The monoisotopic (exact) mass is 503 g/mol. The van der Waals surface area contributed by atoms with E-state index in [1.165, 1.54) is 32.9 Å². The molecule has 1 saturated heterocycles. The molecule has 0 saturated carbocycles. The van der Waals surface area contributed by atoms with Gasteiger partial charge in [-0.25, -0.2) is 8.78 Å². The average Bonchev–Trinajstić information content (AvgIpc) is 3.25. The van der Waals surface area contributed by atoms with Crippen molar-refractivity contribution < 1.29 is 18.4 Å². The van der Waals surface area contributed by atoms with Gasteiger partial charge in [-0.3, -0.25) is 19.5 Å². The molecule has 10 heteroatoms. The minimum atomic E-state index is -1.19. The topological polar surface area (TPSA) is 80.5 Å². The van der Waals surface area contributed by atoms with E-state index in [0.29, 0.717) is 29.1 Å². The van der Waals surface area contributed by atoms with Crippen LogP contribution in [0.15, 0.2) is 54.7 Å². The summed E-state index contributed by atoms with van der Waals surface area (Å²) in [7, 11) is 0. The second-order valence-electron chi connectivity index (χ2n) is 9.03. The number of halogens is 2. The predicted molar refractivity (Wildman–Crippen MR) is 132 cm³/mol. The summed E-state index contributed by atoms with van der Waals surface area (Å²) in [6, 6.07) is 13.4. The number of benzene rings is 2. The van der Waals surface area contributed by atoms with Gasteiger partial charge in [0.25, 0.3) is 11.8 Å². The molecule has 2 amide bonds. The summed E-state index contributed by atoms with van der Waals surface area (Å²) in [5, 5.41) is 9.04. The summed E-state index contributed by atoms with van der Waals surface area (Å²) in [5.41, 5.74) is 0.649. The molecule has 0 aliphatic carbocycles. The van der Waals surface area contributed by atoms with E-state index in [1.54, 1.807) is 50.4 Å². The number of amides is 2. The van der Waals surface area contributed by atoms with Crippen molar-refractivity contribution in [1.82, 2.24) is 9.88 Å². The molecule has 0 bridgehead atoms. The van der Waals surface area contributed by atoms with Crippen LogP contribution in [-0.2, 0) is 17.9 Å². The van der Waals surface area contributed by atoms with Gasteiger partial charge in [-0.15, -0.1) is 0 Å². The first-order valence-corrected chi connectivity index (χ1v) is 11.4. The fourth-order valence-corrected chi connectivity index (χ4v) is 5.03. The Morgan fingerprint density at radius 2 is 1.81 bits per heavy atom. The lowest BCUT2D eigenvalue weighted by molar-refractivity contribution is -0.120. The van der Waals surface area contributed by atoms with Gasteiger partial charge in [-0.1, -0.05) is 6.07 Å². The van der Waals surface area contributed by atoms with Crippen LogP contribution in [0.4, 0.5) is 20.2 Å². The summed E-state index contributed by atoms with van der Waals surface area (Å²) in [4.78, 5) is 34.3. The minimum absolute atomic E-state index is 0.0532. The minimum Gasteiger partial charge on any atom is -0.328 e. The highest BCUT2D eigenvalue weighted by Gasteiger charge is 2.50. The van der Waals surface area contributed by atoms with Crippen molar-refractivity contribution in [2.45, 2.75) is 32.5 Å². The van der Waals surface area contributed by atoms with Crippen LogP contribution in [0.5, 0.6) is 0 Å². The van der Waals surface area contributed by atoms with Gasteiger partial charge in [0.2, 0.25) is 0 Å². The van der Waals surface area contributed by atoms with Crippen molar-refractivity contribution in [2.24, 2.45) is 0 Å². The van der Waals surface area contributed by atoms with Crippen LogP contribution in [0.2, 0.25) is 0 Å². The maximum atomic E-state index is 15.2. The van der Waals surface area contributed by atoms with Crippen molar-refractivity contribution in [3.8, 4) is 6.07 Å². The van der Waals surface area contributed by atoms with Gasteiger partial charge in [0.15, 0.2) is 5.11 Å². The smallest absolute Gasteiger partial charge is 0.259 e. The third-order valence-corrected chi connectivity index (χ3v) is 6.77. The van der Waals surface area contributed by atoms with Gasteiger partial charge in [-0.05, 0) is 68.5 Å². The molecular weight excluding hydrogens is 484 g/mol. The van der Waals surface area contributed by atoms with Gasteiger partial charge in [0.05, 0.1) is 29.1 Å². The number of fused-ring (bicyclic) bond motifs is 1. The Labute approximate surface area is 211 Å². The van der Waals surface area contributed by atoms with Gasteiger partial charge in [-0.2, -0.15) is 5.26 Å². The summed E-state index contributed by atoms with van der Waals surface area (Å²) >= 11 is 5.57. The summed E-state index contributed by atoms with van der Waals surface area (Å²) < 4.78 is 29.5. The molecule has 0 atom stereocenters. The quantitative estimate of drug-likeness (QED) is 0.494. The largest absolute Gasteiger partial charge is 0.328 e. The lowest BCUT2D eigenvalue weighted by Gasteiger charge is -2.29. The van der Waals surface area contributed by atoms with E-state index in [1.807, 2.05) is 0 Å². The van der Waals surface area contributed by atoms with E-state index in [-0.39, 0.29) is 28.8 Å². The SMILES string of the molecule is CC1(C)C(=O)N(c2ccc(C#N)c(F)c2)C(=S)N1c1ccc(CN2Cc3ncccc3C2=O)c(F)c1. The zero-order valence-corrected chi connectivity index (χ0v) is 20.1. The molecule has 2 aliphatic heterocycles. The second-order valence-corrected chi connectivity index (χ2v) is 9.39. The number of carbonyl (C=O) groups excluding carboxylic acids is 2. The molecule has 0 spiro atoms. The molecule has 2 aliphatic rings. The van der Waals surface area contributed by atoms with Crippen LogP contribution in [0.3, 0.4) is 0 Å². The van der Waals surface area contributed by atoms with E-state index in [0.717, 1.165) is 6.07 Å². The third-order valence-electron chi connectivity index (χ3n) is 6.40. The van der Waals surface area contributed by atoms with Crippen molar-refractivity contribution in [3.63, 3.8) is 0 Å². The van der Waals surface area contributed by atoms with Crippen molar-refractivity contribution >= 4 is 40.5 Å². The van der Waals surface area contributed by atoms with Crippen molar-refractivity contribution in [3.05, 3.63) is 88.7 Å². The lowest BCUT2D eigenvalue weighted by Crippen LogP contribution is -2.44. The number of aromatic nitrogens is 1. The third kappa shape index (κ3) is 3.60. The average molecular weight is 504 g/mol. The van der Waals surface area contributed by atoms with Crippen LogP contribution in [-0.4, -0.2) is 32.3 Å². The summed E-state index contributed by atoms with van der Waals surface area (Å²) in [6.45, 7) is 3.63. The zero-order chi connectivity index (χ0) is 25.8. The first-order valence-electron chi connectivity index (χ1n) is 11.0. The zero-order valence-electron chi connectivity index (χ0n) is 19.3. The highest BCUT2D eigenvalue weighted by Crippen LogP contribution is 2.37. The molecule has 3 aromatic rings. The molecule has 3 heterocycles. The molecule has 0 radical (unpaired) electrons. The number of pyridine rings is 1. The highest BCUT2D eigenvalue weighted by atomic mass is 32.1. The second kappa shape index (κ2) is 8.46. The number of hydrogen-bond donors (Lipinski definition) is 0. The van der Waals surface area contributed by atoms with Crippen LogP contribution in [0.25, 0.3) is 0 Å². The summed E-state index contributed by atoms with van der Waals surface area (Å²) in [6.07, 6.45) is 1.61. The first-order chi connectivity index (χ1) is 17.1. The van der Waals surface area contributed by atoms with Crippen LogP contribution in [0.1, 0.15) is 41.0 Å². The Morgan fingerprint density at radius 3 is 2.47 bits per heavy atom. The maximum absolute atomic E-state index is 15.2. The van der Waals surface area contributed by atoms with Crippen LogP contribution >= 0.6 is 12.2 Å². The molecule has 1 fully saturated rings. The van der Waals surface area contributed by atoms with Crippen molar-refractivity contribution in [2.75, 3.05) is 9.80 Å². The maximum Gasteiger partial charge on any atom is 0.259 e. The number of thiocarbonyl (C=S) groups is 1.